The van der Waals surface area contributed by atoms with Gasteiger partial charge in [0.15, 0.2) is 0 Å². The first-order valence-corrected chi connectivity index (χ1v) is 11.2. The van der Waals surface area contributed by atoms with Crippen LogP contribution in [0.4, 0.5) is 5.82 Å². The van der Waals surface area contributed by atoms with Crippen molar-refractivity contribution in [2.24, 2.45) is 0 Å². The second-order valence-corrected chi connectivity index (χ2v) is 8.66. The molecule has 7 heteroatoms. The van der Waals surface area contributed by atoms with Crippen LogP contribution in [0.3, 0.4) is 0 Å². The first-order valence-electron chi connectivity index (χ1n) is 10.4. The van der Waals surface area contributed by atoms with Crippen LogP contribution in [0.25, 0.3) is 0 Å². The molecule has 0 spiro atoms. The molecule has 1 atom stereocenters. The van der Waals surface area contributed by atoms with E-state index in [1.807, 2.05) is 11.4 Å². The first-order chi connectivity index (χ1) is 15.1. The Kier molecular flexibility index (Phi) is 6.60. The van der Waals surface area contributed by atoms with Crippen molar-refractivity contribution >= 4 is 23.1 Å². The van der Waals surface area contributed by atoms with E-state index >= 15 is 0 Å². The van der Waals surface area contributed by atoms with E-state index in [0.717, 1.165) is 42.4 Å². The van der Waals surface area contributed by atoms with E-state index in [-0.39, 0.29) is 11.9 Å². The molecular weight excluding hydrogens is 406 g/mol. The van der Waals surface area contributed by atoms with Crippen molar-refractivity contribution in [3.63, 3.8) is 0 Å². The summed E-state index contributed by atoms with van der Waals surface area (Å²) in [5.41, 5.74) is 2.88. The van der Waals surface area contributed by atoms with Gasteiger partial charge >= 0.3 is 0 Å². The quantitative estimate of drug-likeness (QED) is 0.648. The number of amides is 1. The van der Waals surface area contributed by atoms with Crippen molar-refractivity contribution in [2.45, 2.75) is 13.0 Å². The van der Waals surface area contributed by atoms with Gasteiger partial charge in [-0.05, 0) is 36.1 Å². The zero-order valence-electron chi connectivity index (χ0n) is 17.5. The topological polar surface area (TPSA) is 72.3 Å². The number of nitrogens with zero attached hydrogens (tertiary/aromatic N) is 4. The van der Waals surface area contributed by atoms with Crippen molar-refractivity contribution in [2.75, 3.05) is 37.6 Å². The average molecular weight is 432 g/mol. The van der Waals surface area contributed by atoms with E-state index in [2.05, 4.69) is 63.4 Å². The molecular formula is C24H25N5OS. The number of thiophene rings is 1. The molecule has 1 aliphatic rings. The molecule has 1 fully saturated rings. The Morgan fingerprint density at radius 3 is 2.61 bits per heavy atom. The fourth-order valence-corrected chi connectivity index (χ4v) is 4.60. The van der Waals surface area contributed by atoms with Crippen molar-refractivity contribution in [3.8, 4) is 6.07 Å². The lowest BCUT2D eigenvalue weighted by atomic mass is 10.0. The number of nitrogens with one attached hydrogen (secondary N) is 1. The largest absolute Gasteiger partial charge is 0.353 e. The number of aromatic nitrogens is 1. The first kappa shape index (κ1) is 21.0. The average Bonchev–Trinajstić information content (AvgIpc) is 3.33. The highest BCUT2D eigenvalue weighted by Crippen LogP contribution is 2.26. The number of nitriles is 1. The number of carbonyl (C=O) groups excluding carboxylic acids is 1. The predicted molar refractivity (Wildman–Crippen MR) is 123 cm³/mol. The van der Waals surface area contributed by atoms with Crippen molar-refractivity contribution in [1.82, 2.24) is 15.2 Å². The van der Waals surface area contributed by atoms with Crippen LogP contribution in [0, 0.1) is 18.3 Å². The number of pyridine rings is 1. The number of anilines is 1. The summed E-state index contributed by atoms with van der Waals surface area (Å²) in [6, 6.07) is 18.0. The summed E-state index contributed by atoms with van der Waals surface area (Å²) in [7, 11) is 0. The molecule has 2 aromatic heterocycles. The van der Waals surface area contributed by atoms with Gasteiger partial charge in [-0.2, -0.15) is 5.26 Å². The van der Waals surface area contributed by atoms with Crippen LogP contribution in [-0.4, -0.2) is 48.5 Å². The molecule has 1 N–H and O–H groups in total. The van der Waals surface area contributed by atoms with Gasteiger partial charge in [-0.25, -0.2) is 4.98 Å². The highest BCUT2D eigenvalue weighted by molar-refractivity contribution is 7.10. The van der Waals surface area contributed by atoms with Gasteiger partial charge in [0, 0.05) is 37.3 Å². The molecule has 0 aliphatic carbocycles. The number of benzene rings is 1. The van der Waals surface area contributed by atoms with Crippen LogP contribution in [0.2, 0.25) is 0 Å². The van der Waals surface area contributed by atoms with E-state index in [1.165, 1.54) is 5.56 Å². The number of hydrogen-bond donors (Lipinski definition) is 1. The molecule has 0 saturated carbocycles. The van der Waals surface area contributed by atoms with Crippen molar-refractivity contribution < 1.29 is 4.79 Å². The van der Waals surface area contributed by atoms with Crippen LogP contribution in [-0.2, 0) is 4.79 Å². The molecule has 1 saturated heterocycles. The Hall–Kier alpha value is -3.21. The summed E-state index contributed by atoms with van der Waals surface area (Å²) in [6.45, 7) is 5.41. The SMILES string of the molecule is Cc1ccc(C(NC(=O)CN2CCN(c3ncccc3C#N)CC2)c2cccs2)cc1. The lowest BCUT2D eigenvalue weighted by Gasteiger charge is -2.35. The van der Waals surface area contributed by atoms with Gasteiger partial charge in [0.05, 0.1) is 18.2 Å². The number of hydrogen-bond acceptors (Lipinski definition) is 6. The molecule has 0 bridgehead atoms. The van der Waals surface area contributed by atoms with Crippen LogP contribution in [0.15, 0.2) is 60.1 Å². The monoisotopic (exact) mass is 431 g/mol. The Bertz CT molecular complexity index is 1050. The summed E-state index contributed by atoms with van der Waals surface area (Å²) >= 11 is 1.65. The standard InChI is InChI=1S/C24H25N5OS/c1-18-6-8-19(9-7-18)23(21-5-3-15-31-21)27-22(30)17-28-11-13-29(14-12-28)24-20(16-25)4-2-10-26-24/h2-10,15,23H,11-14,17H2,1H3,(H,27,30). The lowest BCUT2D eigenvalue weighted by Crippen LogP contribution is -2.50. The molecule has 158 valence electrons. The summed E-state index contributed by atoms with van der Waals surface area (Å²) < 4.78 is 0. The summed E-state index contributed by atoms with van der Waals surface area (Å²) in [4.78, 5) is 22.7. The van der Waals surface area contributed by atoms with E-state index in [1.54, 1.807) is 29.7 Å². The second kappa shape index (κ2) is 9.73. The normalized spacial score (nSPS) is 15.3. The highest BCUT2D eigenvalue weighted by atomic mass is 32.1. The molecule has 1 amide bonds. The van der Waals surface area contributed by atoms with Gasteiger partial charge in [0.1, 0.15) is 11.9 Å². The van der Waals surface area contributed by atoms with Crippen LogP contribution in [0.1, 0.15) is 27.6 Å². The number of aryl methyl sites for hydroxylation is 1. The van der Waals surface area contributed by atoms with Gasteiger partial charge in [0.25, 0.3) is 0 Å². The minimum Gasteiger partial charge on any atom is -0.353 e. The molecule has 4 rings (SSSR count). The summed E-state index contributed by atoms with van der Waals surface area (Å²) in [5.74, 6) is 0.745. The minimum atomic E-state index is -0.138. The lowest BCUT2D eigenvalue weighted by molar-refractivity contribution is -0.122. The fraction of sp³-hybridized carbons (Fsp3) is 0.292. The van der Waals surface area contributed by atoms with Gasteiger partial charge in [-0.1, -0.05) is 35.9 Å². The van der Waals surface area contributed by atoms with Gasteiger partial charge < -0.3 is 10.2 Å². The van der Waals surface area contributed by atoms with E-state index < -0.39 is 0 Å². The molecule has 3 aromatic rings. The van der Waals surface area contributed by atoms with E-state index in [0.29, 0.717) is 12.1 Å². The van der Waals surface area contributed by atoms with E-state index in [9.17, 15) is 10.1 Å². The maximum Gasteiger partial charge on any atom is 0.234 e. The van der Waals surface area contributed by atoms with Gasteiger partial charge in [0.2, 0.25) is 5.91 Å². The Balaban J connectivity index is 1.37. The molecule has 31 heavy (non-hydrogen) atoms. The van der Waals surface area contributed by atoms with Crippen molar-refractivity contribution in [3.05, 3.63) is 81.7 Å². The zero-order valence-corrected chi connectivity index (χ0v) is 18.3. The van der Waals surface area contributed by atoms with Crippen LogP contribution < -0.4 is 10.2 Å². The fourth-order valence-electron chi connectivity index (χ4n) is 3.80. The van der Waals surface area contributed by atoms with Crippen LogP contribution >= 0.6 is 11.3 Å². The summed E-state index contributed by atoms with van der Waals surface area (Å²) in [5, 5.41) is 14.6. The summed E-state index contributed by atoms with van der Waals surface area (Å²) in [6.07, 6.45) is 1.71. The van der Waals surface area contributed by atoms with Crippen LogP contribution in [0.5, 0.6) is 0 Å². The number of piperazine rings is 1. The van der Waals surface area contributed by atoms with Crippen molar-refractivity contribution in [1.29, 1.82) is 5.26 Å². The maximum absolute atomic E-state index is 12.9. The number of carbonyl (C=O) groups is 1. The highest BCUT2D eigenvalue weighted by Gasteiger charge is 2.23. The van der Waals surface area contributed by atoms with E-state index in [4.69, 9.17) is 0 Å². The molecule has 0 radical (unpaired) electrons. The molecule has 1 unspecified atom stereocenters. The molecule has 3 heterocycles. The predicted octanol–water partition coefficient (Wildman–Crippen LogP) is 3.35. The Morgan fingerprint density at radius 2 is 1.94 bits per heavy atom. The third kappa shape index (κ3) is 5.10. The third-order valence-electron chi connectivity index (χ3n) is 5.49. The molecule has 6 nitrogen and oxygen atoms in total. The molecule has 1 aliphatic heterocycles. The maximum atomic E-state index is 12.9. The zero-order chi connectivity index (χ0) is 21.6. The third-order valence-corrected chi connectivity index (χ3v) is 6.43. The molecule has 1 aromatic carbocycles. The number of rotatable bonds is 6. The smallest absolute Gasteiger partial charge is 0.234 e. The second-order valence-electron chi connectivity index (χ2n) is 7.68. The Morgan fingerprint density at radius 1 is 1.16 bits per heavy atom. The Labute approximate surface area is 186 Å². The van der Waals surface area contributed by atoms with Gasteiger partial charge in [-0.3, -0.25) is 9.69 Å². The van der Waals surface area contributed by atoms with Gasteiger partial charge in [-0.15, -0.1) is 11.3 Å². The minimum absolute atomic E-state index is 0.0166.